The Kier molecular flexibility index (Phi) is 12.2. The van der Waals surface area contributed by atoms with Crippen molar-refractivity contribution in [3.63, 3.8) is 0 Å². The summed E-state index contributed by atoms with van der Waals surface area (Å²) >= 11 is 0. The lowest BCUT2D eigenvalue weighted by Crippen LogP contribution is -2.57. The number of nitrogens with zero attached hydrogens (tertiary/aromatic N) is 1. The molecule has 3 N–H and O–H groups in total. The average molecular weight is 554 g/mol. The van der Waals surface area contributed by atoms with Crippen LogP contribution >= 0.6 is 0 Å². The maximum Gasteiger partial charge on any atom is 0.408 e. The normalized spacial score (nSPS) is 13.8. The summed E-state index contributed by atoms with van der Waals surface area (Å²) in [5.41, 5.74) is 2.62. The number of aliphatic hydroxyl groups is 1. The highest BCUT2D eigenvalue weighted by molar-refractivity contribution is 5.93. The molecule has 220 valence electrons. The van der Waals surface area contributed by atoms with Crippen molar-refractivity contribution < 1.29 is 24.2 Å². The van der Waals surface area contributed by atoms with Gasteiger partial charge in [0.2, 0.25) is 11.8 Å². The quantitative estimate of drug-likeness (QED) is 0.335. The number of carbonyl (C=O) groups is 3. The van der Waals surface area contributed by atoms with E-state index in [4.69, 9.17) is 4.74 Å². The van der Waals surface area contributed by atoms with Gasteiger partial charge in [0.1, 0.15) is 17.7 Å². The van der Waals surface area contributed by atoms with E-state index in [1.807, 2.05) is 69.3 Å². The summed E-state index contributed by atoms with van der Waals surface area (Å²) < 4.78 is 5.35. The van der Waals surface area contributed by atoms with E-state index in [1.165, 1.54) is 4.90 Å². The van der Waals surface area contributed by atoms with Gasteiger partial charge in [0.15, 0.2) is 0 Å². The van der Waals surface area contributed by atoms with Gasteiger partial charge in [-0.05, 0) is 82.6 Å². The molecule has 3 amide bonds. The first-order valence-corrected chi connectivity index (χ1v) is 14.1. The molecule has 0 fully saturated rings. The number of benzene rings is 2. The van der Waals surface area contributed by atoms with Gasteiger partial charge in [-0.15, -0.1) is 0 Å². The maximum absolute atomic E-state index is 14.2. The van der Waals surface area contributed by atoms with Gasteiger partial charge in [-0.3, -0.25) is 9.59 Å². The fourth-order valence-corrected chi connectivity index (χ4v) is 4.66. The molecule has 0 saturated heterocycles. The van der Waals surface area contributed by atoms with Crippen molar-refractivity contribution in [3.05, 3.63) is 70.8 Å². The lowest BCUT2D eigenvalue weighted by atomic mass is 9.91. The van der Waals surface area contributed by atoms with Crippen molar-refractivity contribution >= 4 is 17.9 Å². The number of hydrogen-bond acceptors (Lipinski definition) is 5. The molecular formula is C32H47N3O5. The number of nitrogens with one attached hydrogen (secondary N) is 2. The van der Waals surface area contributed by atoms with Crippen LogP contribution < -0.4 is 10.6 Å². The standard InChI is InChI=1S/C32H47N3O5/c1-21(2)17-18-24(5)35(30(38)26(20-36)34-31(39)40-32(6,7)8)28(27-22(3)13-12-14-23(27)4)29(37)33-19-25-15-10-9-11-16-25/h9-16,21,24,26,28,36H,17-20H2,1-8H3,(H,33,37)(H,34,39). The molecule has 3 atom stereocenters. The Morgan fingerprint density at radius 3 is 2.05 bits per heavy atom. The van der Waals surface area contributed by atoms with E-state index in [2.05, 4.69) is 24.5 Å². The number of ether oxygens (including phenoxy) is 1. The third kappa shape index (κ3) is 9.66. The Balaban J connectivity index is 2.57. The summed E-state index contributed by atoms with van der Waals surface area (Å²) in [4.78, 5) is 42.4. The molecule has 2 aromatic rings. The summed E-state index contributed by atoms with van der Waals surface area (Å²) in [5.74, 6) is -0.495. The summed E-state index contributed by atoms with van der Waals surface area (Å²) in [6.45, 7) is 14.8. The van der Waals surface area contributed by atoms with Crippen molar-refractivity contribution in [2.24, 2.45) is 5.92 Å². The Labute approximate surface area is 239 Å². The summed E-state index contributed by atoms with van der Waals surface area (Å²) in [6, 6.07) is 12.7. The van der Waals surface area contributed by atoms with E-state index < -0.39 is 36.3 Å². The smallest absolute Gasteiger partial charge is 0.408 e. The molecule has 0 aliphatic rings. The predicted octanol–water partition coefficient (Wildman–Crippen LogP) is 5.20. The molecule has 0 aromatic heterocycles. The van der Waals surface area contributed by atoms with Crippen LogP contribution in [0.5, 0.6) is 0 Å². The third-order valence-corrected chi connectivity index (χ3v) is 6.71. The Morgan fingerprint density at radius 2 is 1.52 bits per heavy atom. The maximum atomic E-state index is 14.2. The van der Waals surface area contributed by atoms with Crippen LogP contribution in [-0.4, -0.2) is 52.2 Å². The molecule has 0 bridgehead atoms. The first-order chi connectivity index (χ1) is 18.7. The van der Waals surface area contributed by atoms with Crippen LogP contribution in [0.1, 0.15) is 82.7 Å². The number of hydrogen-bond donors (Lipinski definition) is 3. The lowest BCUT2D eigenvalue weighted by Gasteiger charge is -2.39. The Hall–Kier alpha value is -3.39. The van der Waals surface area contributed by atoms with Gasteiger partial charge in [-0.2, -0.15) is 0 Å². The molecule has 0 saturated carbocycles. The molecule has 2 aromatic carbocycles. The molecule has 0 radical (unpaired) electrons. The summed E-state index contributed by atoms with van der Waals surface area (Å²) in [5, 5.41) is 15.8. The zero-order valence-electron chi connectivity index (χ0n) is 25.3. The van der Waals surface area contributed by atoms with Gasteiger partial charge in [0, 0.05) is 12.6 Å². The van der Waals surface area contributed by atoms with Crippen LogP contribution in [0.4, 0.5) is 4.79 Å². The number of aliphatic hydroxyl groups excluding tert-OH is 1. The first kappa shape index (κ1) is 32.8. The van der Waals surface area contributed by atoms with Gasteiger partial charge in [-0.1, -0.05) is 62.4 Å². The second kappa shape index (κ2) is 14.8. The topological polar surface area (TPSA) is 108 Å². The van der Waals surface area contributed by atoms with Crippen LogP contribution in [0.25, 0.3) is 0 Å². The third-order valence-electron chi connectivity index (χ3n) is 6.71. The van der Waals surface area contributed by atoms with E-state index in [0.29, 0.717) is 18.9 Å². The highest BCUT2D eigenvalue weighted by atomic mass is 16.6. The molecule has 8 heteroatoms. The second-order valence-corrected chi connectivity index (χ2v) is 11.9. The fourth-order valence-electron chi connectivity index (χ4n) is 4.66. The number of alkyl carbamates (subject to hydrolysis) is 1. The molecule has 0 aliphatic carbocycles. The zero-order chi connectivity index (χ0) is 30.0. The van der Waals surface area contributed by atoms with E-state index >= 15 is 0 Å². The van der Waals surface area contributed by atoms with Gasteiger partial charge >= 0.3 is 6.09 Å². The van der Waals surface area contributed by atoms with Gasteiger partial charge < -0.3 is 25.4 Å². The van der Waals surface area contributed by atoms with Crippen molar-refractivity contribution in [2.45, 2.75) is 98.5 Å². The monoisotopic (exact) mass is 553 g/mol. The Morgan fingerprint density at radius 1 is 0.925 bits per heavy atom. The molecule has 3 unspecified atom stereocenters. The van der Waals surface area contributed by atoms with E-state index in [0.717, 1.165) is 28.7 Å². The number of carbonyl (C=O) groups excluding carboxylic acids is 3. The van der Waals surface area contributed by atoms with E-state index in [9.17, 15) is 19.5 Å². The highest BCUT2D eigenvalue weighted by Crippen LogP contribution is 2.31. The minimum Gasteiger partial charge on any atom is -0.444 e. The fraction of sp³-hybridized carbons (Fsp3) is 0.531. The van der Waals surface area contributed by atoms with Crippen molar-refractivity contribution in [2.75, 3.05) is 6.61 Å². The van der Waals surface area contributed by atoms with Crippen molar-refractivity contribution in [3.8, 4) is 0 Å². The lowest BCUT2D eigenvalue weighted by molar-refractivity contribution is -0.146. The van der Waals surface area contributed by atoms with Crippen LogP contribution in [0.15, 0.2) is 48.5 Å². The number of amides is 3. The predicted molar refractivity (Wildman–Crippen MR) is 158 cm³/mol. The minimum atomic E-state index is -1.29. The average Bonchev–Trinajstić information content (AvgIpc) is 2.87. The molecule has 0 heterocycles. The summed E-state index contributed by atoms with van der Waals surface area (Å²) in [6.07, 6.45) is 0.660. The zero-order valence-corrected chi connectivity index (χ0v) is 25.3. The molecule has 0 aliphatic heterocycles. The SMILES string of the molecule is Cc1cccc(C)c1C(C(=O)NCc1ccccc1)N(C(=O)C(CO)NC(=O)OC(C)(C)C)C(C)CCC(C)C. The van der Waals surface area contributed by atoms with Crippen LogP contribution in [-0.2, 0) is 20.9 Å². The van der Waals surface area contributed by atoms with Crippen molar-refractivity contribution in [1.82, 2.24) is 15.5 Å². The molecule has 0 spiro atoms. The molecule has 40 heavy (non-hydrogen) atoms. The van der Waals surface area contributed by atoms with E-state index in [1.54, 1.807) is 20.8 Å². The van der Waals surface area contributed by atoms with E-state index in [-0.39, 0.29) is 11.9 Å². The number of aryl methyl sites for hydroxylation is 2. The summed E-state index contributed by atoms with van der Waals surface area (Å²) in [7, 11) is 0. The minimum absolute atomic E-state index is 0.295. The van der Waals surface area contributed by atoms with Gasteiger partial charge in [-0.25, -0.2) is 4.79 Å². The molecule has 2 rings (SSSR count). The Bertz CT molecular complexity index is 1110. The number of rotatable bonds is 12. The molecular weight excluding hydrogens is 506 g/mol. The van der Waals surface area contributed by atoms with Crippen LogP contribution in [0, 0.1) is 19.8 Å². The van der Waals surface area contributed by atoms with Gasteiger partial charge in [0.25, 0.3) is 0 Å². The van der Waals surface area contributed by atoms with Gasteiger partial charge in [0.05, 0.1) is 6.61 Å². The van der Waals surface area contributed by atoms with Crippen LogP contribution in [0.3, 0.4) is 0 Å². The largest absolute Gasteiger partial charge is 0.444 e. The first-order valence-electron chi connectivity index (χ1n) is 14.1. The van der Waals surface area contributed by atoms with Crippen molar-refractivity contribution in [1.29, 1.82) is 0 Å². The molecule has 8 nitrogen and oxygen atoms in total. The van der Waals surface area contributed by atoms with Crippen LogP contribution in [0.2, 0.25) is 0 Å². The second-order valence-electron chi connectivity index (χ2n) is 11.9. The highest BCUT2D eigenvalue weighted by Gasteiger charge is 2.39.